The van der Waals surface area contributed by atoms with Crippen molar-refractivity contribution in [3.05, 3.63) is 27.7 Å². The minimum atomic E-state index is -1.50. The van der Waals surface area contributed by atoms with Crippen LogP contribution in [0.25, 0.3) is 0 Å². The summed E-state index contributed by atoms with van der Waals surface area (Å²) < 4.78 is 0.812. The quantitative estimate of drug-likeness (QED) is 0.706. The summed E-state index contributed by atoms with van der Waals surface area (Å²) in [5, 5.41) is 17.8. The maximum atomic E-state index is 8.75. The van der Waals surface area contributed by atoms with Crippen LogP contribution in [0.1, 0.15) is 0 Å². The van der Waals surface area contributed by atoms with Crippen LogP contribution in [0.5, 0.6) is 0 Å². The molecule has 5 heteroatoms. The van der Waals surface area contributed by atoms with E-state index in [0.29, 0.717) is 10.5 Å². The molecular weight excluding hydrogens is 230 g/mol. The first-order valence-electron chi connectivity index (χ1n) is 2.92. The van der Waals surface area contributed by atoms with Crippen LogP contribution in [0.15, 0.2) is 22.7 Å². The largest absolute Gasteiger partial charge is 0.489 e. The van der Waals surface area contributed by atoms with E-state index in [9.17, 15) is 0 Å². The second-order valence-corrected chi connectivity index (χ2v) is 3.36. The highest BCUT2D eigenvalue weighted by Crippen LogP contribution is 2.14. The molecule has 0 unspecified atom stereocenters. The number of benzene rings is 1. The van der Waals surface area contributed by atoms with E-state index in [1.165, 1.54) is 0 Å². The summed E-state index contributed by atoms with van der Waals surface area (Å²) in [5.41, 5.74) is 0.315. The van der Waals surface area contributed by atoms with Gasteiger partial charge in [-0.1, -0.05) is 33.6 Å². The molecule has 0 radical (unpaired) electrons. The highest BCUT2D eigenvalue weighted by molar-refractivity contribution is 9.10. The molecule has 0 aliphatic rings. The molecule has 0 aliphatic heterocycles. The predicted octanol–water partition coefficient (Wildman–Crippen LogP) is 0.782. The molecule has 0 fully saturated rings. The van der Waals surface area contributed by atoms with E-state index in [1.807, 2.05) is 0 Å². The first-order valence-corrected chi connectivity index (χ1v) is 4.09. The molecule has 0 saturated carbocycles. The fourth-order valence-electron chi connectivity index (χ4n) is 0.711. The van der Waals surface area contributed by atoms with Gasteiger partial charge in [-0.15, -0.1) is 0 Å². The van der Waals surface area contributed by atoms with E-state index in [4.69, 9.17) is 21.6 Å². The van der Waals surface area contributed by atoms with Crippen LogP contribution in [0.3, 0.4) is 0 Å². The zero-order valence-electron chi connectivity index (χ0n) is 5.46. The Bertz CT molecular complexity index is 267. The SMILES string of the molecule is OB(O)c1ccc(Br)cc1Cl. The Morgan fingerprint density at radius 3 is 2.45 bits per heavy atom. The lowest BCUT2D eigenvalue weighted by molar-refractivity contribution is 0.426. The van der Waals surface area contributed by atoms with Crippen molar-refractivity contribution in [2.75, 3.05) is 0 Å². The molecule has 2 N–H and O–H groups in total. The van der Waals surface area contributed by atoms with Gasteiger partial charge in [0.1, 0.15) is 0 Å². The Labute approximate surface area is 78.1 Å². The molecule has 1 aromatic carbocycles. The Morgan fingerprint density at radius 2 is 2.00 bits per heavy atom. The second kappa shape index (κ2) is 3.58. The number of hydrogen-bond acceptors (Lipinski definition) is 2. The molecule has 1 rings (SSSR count). The van der Waals surface area contributed by atoms with E-state index in [1.54, 1.807) is 18.2 Å². The molecule has 0 aromatic heterocycles. The summed E-state index contributed by atoms with van der Waals surface area (Å²) in [6.07, 6.45) is 0. The summed E-state index contributed by atoms with van der Waals surface area (Å²) in [5.74, 6) is 0. The van der Waals surface area contributed by atoms with E-state index < -0.39 is 7.12 Å². The van der Waals surface area contributed by atoms with Crippen molar-refractivity contribution in [2.45, 2.75) is 0 Å². The van der Waals surface area contributed by atoms with Gasteiger partial charge < -0.3 is 10.0 Å². The van der Waals surface area contributed by atoms with Crippen molar-refractivity contribution in [3.63, 3.8) is 0 Å². The van der Waals surface area contributed by atoms with Crippen molar-refractivity contribution in [1.82, 2.24) is 0 Å². The van der Waals surface area contributed by atoms with Crippen molar-refractivity contribution >= 4 is 40.1 Å². The Balaban J connectivity index is 3.09. The van der Waals surface area contributed by atoms with Crippen LogP contribution in [0, 0.1) is 0 Å². The number of halogens is 2. The van der Waals surface area contributed by atoms with Gasteiger partial charge in [-0.25, -0.2) is 0 Å². The molecule has 0 bridgehead atoms. The molecule has 58 valence electrons. The summed E-state index contributed by atoms with van der Waals surface area (Å²) in [6.45, 7) is 0. The molecule has 0 atom stereocenters. The van der Waals surface area contributed by atoms with Gasteiger partial charge >= 0.3 is 7.12 Å². The Hall–Kier alpha value is -0.0251. The minimum Gasteiger partial charge on any atom is -0.423 e. The molecule has 0 heterocycles. The summed E-state index contributed by atoms with van der Waals surface area (Å²) in [7, 11) is -1.50. The third-order valence-corrected chi connectivity index (χ3v) is 2.06. The topological polar surface area (TPSA) is 40.5 Å². The van der Waals surface area contributed by atoms with Crippen LogP contribution >= 0.6 is 27.5 Å². The fraction of sp³-hybridized carbons (Fsp3) is 0. The maximum Gasteiger partial charge on any atom is 0.489 e. The van der Waals surface area contributed by atoms with Gasteiger partial charge in [0.15, 0.2) is 0 Å². The van der Waals surface area contributed by atoms with Gasteiger partial charge in [-0.2, -0.15) is 0 Å². The minimum absolute atomic E-state index is 0.315. The summed E-state index contributed by atoms with van der Waals surface area (Å²) in [4.78, 5) is 0. The Kier molecular flexibility index (Phi) is 2.95. The van der Waals surface area contributed by atoms with Crippen molar-refractivity contribution in [3.8, 4) is 0 Å². The summed E-state index contributed by atoms with van der Waals surface area (Å²) >= 11 is 8.87. The molecule has 2 nitrogen and oxygen atoms in total. The van der Waals surface area contributed by atoms with Crippen LogP contribution in [0.2, 0.25) is 5.02 Å². The molecule has 11 heavy (non-hydrogen) atoms. The van der Waals surface area contributed by atoms with Crippen LogP contribution in [-0.2, 0) is 0 Å². The highest BCUT2D eigenvalue weighted by atomic mass is 79.9. The average molecular weight is 235 g/mol. The monoisotopic (exact) mass is 234 g/mol. The van der Waals surface area contributed by atoms with Crippen molar-refractivity contribution in [2.24, 2.45) is 0 Å². The summed E-state index contributed by atoms with van der Waals surface area (Å²) in [6, 6.07) is 4.86. The zero-order valence-corrected chi connectivity index (χ0v) is 7.80. The van der Waals surface area contributed by atoms with E-state index in [-0.39, 0.29) is 0 Å². The highest BCUT2D eigenvalue weighted by Gasteiger charge is 2.14. The molecule has 0 aliphatic carbocycles. The van der Waals surface area contributed by atoms with Gasteiger partial charge in [-0.3, -0.25) is 0 Å². The zero-order chi connectivity index (χ0) is 8.43. The first-order chi connectivity index (χ1) is 5.11. The lowest BCUT2D eigenvalue weighted by atomic mass is 9.80. The van der Waals surface area contributed by atoms with Crippen LogP contribution < -0.4 is 5.46 Å². The van der Waals surface area contributed by atoms with Crippen LogP contribution in [0.4, 0.5) is 0 Å². The van der Waals surface area contributed by atoms with Gasteiger partial charge in [0.25, 0.3) is 0 Å². The number of rotatable bonds is 1. The predicted molar refractivity (Wildman–Crippen MR) is 49.0 cm³/mol. The van der Waals surface area contributed by atoms with E-state index in [2.05, 4.69) is 15.9 Å². The van der Waals surface area contributed by atoms with Gasteiger partial charge in [0.2, 0.25) is 0 Å². The average Bonchev–Trinajstić information content (AvgIpc) is 1.85. The third-order valence-electron chi connectivity index (χ3n) is 1.24. The van der Waals surface area contributed by atoms with E-state index >= 15 is 0 Å². The smallest absolute Gasteiger partial charge is 0.423 e. The Morgan fingerprint density at radius 1 is 1.36 bits per heavy atom. The van der Waals surface area contributed by atoms with Gasteiger partial charge in [-0.05, 0) is 12.1 Å². The number of hydrogen-bond donors (Lipinski definition) is 2. The fourth-order valence-corrected chi connectivity index (χ4v) is 1.48. The lowest BCUT2D eigenvalue weighted by Crippen LogP contribution is -2.30. The van der Waals surface area contributed by atoms with Crippen molar-refractivity contribution in [1.29, 1.82) is 0 Å². The lowest BCUT2D eigenvalue weighted by Gasteiger charge is -2.01. The van der Waals surface area contributed by atoms with Crippen LogP contribution in [-0.4, -0.2) is 17.2 Å². The standard InChI is InChI=1S/C6H5BBrClO2/c8-4-1-2-5(7(10)11)6(9)3-4/h1-3,10-11H. The molecule has 1 aromatic rings. The first kappa shape index (κ1) is 9.07. The maximum absolute atomic E-state index is 8.75. The van der Waals surface area contributed by atoms with E-state index in [0.717, 1.165) is 4.47 Å². The molecule has 0 saturated heterocycles. The van der Waals surface area contributed by atoms with Gasteiger partial charge in [0, 0.05) is 15.0 Å². The molecular formula is C6H5BBrClO2. The second-order valence-electron chi connectivity index (χ2n) is 2.04. The molecule has 0 spiro atoms. The molecule has 0 amide bonds. The van der Waals surface area contributed by atoms with Crippen molar-refractivity contribution < 1.29 is 10.0 Å². The van der Waals surface area contributed by atoms with Gasteiger partial charge in [0.05, 0.1) is 0 Å². The normalized spacial score (nSPS) is 9.82. The third kappa shape index (κ3) is 2.20.